The first-order valence-corrected chi connectivity index (χ1v) is 19.6. The molecular weight excluding hydrogens is 616 g/mol. The number of allylic oxidation sites excluding steroid dienone is 1. The van der Waals surface area contributed by atoms with E-state index in [1.807, 2.05) is 12.1 Å². The largest absolute Gasteiger partial charge is 0.508 e. The zero-order valence-corrected chi connectivity index (χ0v) is 31.0. The van der Waals surface area contributed by atoms with Gasteiger partial charge in [0.1, 0.15) is 5.75 Å². The lowest BCUT2D eigenvalue weighted by Crippen LogP contribution is -2.38. The molecule has 0 heterocycles. The van der Waals surface area contributed by atoms with Gasteiger partial charge in [-0.1, -0.05) is 93.8 Å². The van der Waals surface area contributed by atoms with Gasteiger partial charge in [0.15, 0.2) is 5.67 Å². The molecule has 1 unspecified atom stereocenters. The van der Waals surface area contributed by atoms with E-state index < -0.39 is 11.6 Å². The number of phenolic OH excluding ortho intramolecular Hbond substituents is 1. The first kappa shape index (κ1) is 42.9. The first-order valence-electron chi connectivity index (χ1n) is 17.7. The van der Waals surface area contributed by atoms with Crippen LogP contribution in [0.1, 0.15) is 121 Å². The number of aromatic hydroxyl groups is 1. The van der Waals surface area contributed by atoms with E-state index >= 15 is 0 Å². The lowest BCUT2D eigenvalue weighted by Gasteiger charge is -2.25. The molecule has 1 aliphatic rings. The number of halogens is 3. The second-order valence-corrected chi connectivity index (χ2v) is 15.3. The van der Waals surface area contributed by atoms with Crippen LogP contribution in [0.5, 0.6) is 5.75 Å². The van der Waals surface area contributed by atoms with Crippen LogP contribution in [0.15, 0.2) is 42.5 Å². The van der Waals surface area contributed by atoms with Crippen molar-refractivity contribution in [2.24, 2.45) is 0 Å². The van der Waals surface area contributed by atoms with Gasteiger partial charge in [-0.05, 0) is 119 Å². The van der Waals surface area contributed by atoms with Crippen LogP contribution in [0, 0.1) is 6.92 Å². The Kier molecular flexibility index (Phi) is 21.3. The molecule has 47 heavy (non-hydrogen) atoms. The van der Waals surface area contributed by atoms with Gasteiger partial charge in [0, 0.05) is 19.6 Å². The molecule has 1 atom stereocenters. The minimum absolute atomic E-state index is 0.306. The third kappa shape index (κ3) is 18.3. The van der Waals surface area contributed by atoms with Crippen LogP contribution in [-0.4, -0.2) is 70.8 Å². The number of hydrogen-bond acceptors (Lipinski definition) is 3. The molecule has 7 heteroatoms. The highest BCUT2D eigenvalue weighted by molar-refractivity contribution is 8.13. The van der Waals surface area contributed by atoms with Crippen molar-refractivity contribution < 1.29 is 23.4 Å². The van der Waals surface area contributed by atoms with Gasteiger partial charge >= 0.3 is 0 Å². The van der Waals surface area contributed by atoms with Gasteiger partial charge in [-0.15, -0.1) is 0 Å². The van der Waals surface area contributed by atoms with Gasteiger partial charge in [0.05, 0.1) is 0 Å². The maximum atomic E-state index is 12.6. The maximum absolute atomic E-state index is 12.6. The van der Waals surface area contributed by atoms with Crippen LogP contribution < -0.4 is 0 Å². The topological polar surface area (TPSA) is 43.7 Å². The van der Waals surface area contributed by atoms with E-state index in [1.165, 1.54) is 85.2 Å². The molecule has 3 nitrogen and oxygen atoms in total. The van der Waals surface area contributed by atoms with Crippen molar-refractivity contribution in [2.45, 2.75) is 123 Å². The van der Waals surface area contributed by atoms with Crippen molar-refractivity contribution in [1.29, 1.82) is 0 Å². The molecule has 2 N–H and O–H groups in total. The number of alkyl halides is 3. The van der Waals surface area contributed by atoms with Crippen LogP contribution in [-0.2, 0) is 6.42 Å². The number of rotatable bonds is 17. The van der Waals surface area contributed by atoms with Crippen molar-refractivity contribution in [3.8, 4) is 5.75 Å². The fraction of sp³-hybridized carbons (Fsp3) is 0.625. The van der Waals surface area contributed by atoms with Crippen molar-refractivity contribution in [3.05, 3.63) is 64.7 Å². The van der Waals surface area contributed by atoms with Crippen molar-refractivity contribution in [2.75, 3.05) is 38.2 Å². The Bertz CT molecular complexity index is 1190. The number of aliphatic hydroxyl groups is 1. The number of aliphatic hydroxyl groups excluding tert-OH is 1. The second kappa shape index (κ2) is 23.3. The average Bonchev–Trinajstić information content (AvgIpc) is 3.21. The molecule has 0 spiro atoms. The summed E-state index contributed by atoms with van der Waals surface area (Å²) in [6, 6.07) is 14.4. The van der Waals surface area contributed by atoms with Crippen molar-refractivity contribution >= 4 is 28.0 Å². The molecule has 0 radical (unpaired) electrons. The fourth-order valence-electron chi connectivity index (χ4n) is 5.47. The first-order chi connectivity index (χ1) is 22.2. The average molecular weight is 680 g/mol. The normalized spacial score (nSPS) is 13.8. The van der Waals surface area contributed by atoms with E-state index in [0.29, 0.717) is 29.3 Å². The Morgan fingerprint density at radius 1 is 0.872 bits per heavy atom. The maximum Gasteiger partial charge on any atom is 0.280 e. The molecule has 2 aromatic rings. The number of phenols is 1. The van der Waals surface area contributed by atoms with Crippen LogP contribution in [0.25, 0.3) is 11.6 Å². The highest BCUT2D eigenvalue weighted by Crippen LogP contribution is 2.35. The molecule has 0 aliphatic heterocycles. The highest BCUT2D eigenvalue weighted by Gasteiger charge is 2.46. The van der Waals surface area contributed by atoms with Crippen LogP contribution in [0.3, 0.4) is 0 Å². The molecule has 0 bridgehead atoms. The van der Waals surface area contributed by atoms with E-state index in [4.69, 9.17) is 5.11 Å². The molecule has 2 aromatic carbocycles. The predicted octanol–water partition coefficient (Wildman–Crippen LogP) is 11.1. The van der Waals surface area contributed by atoms with Crippen molar-refractivity contribution in [1.82, 2.24) is 4.90 Å². The number of nitrogens with zero attached hydrogens (tertiary/aromatic N) is 1. The summed E-state index contributed by atoms with van der Waals surface area (Å²) in [6.07, 6.45) is 16.6. The Morgan fingerprint density at radius 2 is 1.55 bits per heavy atom. The van der Waals surface area contributed by atoms with Crippen LogP contribution in [0.4, 0.5) is 13.2 Å². The monoisotopic (exact) mass is 679 g/mol. The SMILES string of the molecule is C=S(C)CCCN(CCCO)CCCCCCC.CCCC(F)(F)C(C)(C)F.Cc1cccc(C2=Cc3ccc(O)cc3CCC2)c1. The van der Waals surface area contributed by atoms with E-state index in [0.717, 1.165) is 46.1 Å². The summed E-state index contributed by atoms with van der Waals surface area (Å²) in [7, 11) is 0.326. The summed E-state index contributed by atoms with van der Waals surface area (Å²) in [6.45, 7) is 11.6. The third-order valence-corrected chi connectivity index (χ3v) is 9.33. The summed E-state index contributed by atoms with van der Waals surface area (Å²) in [5.74, 6) is 2.49. The molecule has 0 amide bonds. The summed E-state index contributed by atoms with van der Waals surface area (Å²) in [5.41, 5.74) is 4.13. The summed E-state index contributed by atoms with van der Waals surface area (Å²) in [5, 5.41) is 18.5. The minimum atomic E-state index is -3.18. The van der Waals surface area contributed by atoms with E-state index in [9.17, 15) is 18.3 Å². The number of fused-ring (bicyclic) bond motifs is 1. The molecule has 0 aromatic heterocycles. The predicted molar refractivity (Wildman–Crippen MR) is 202 cm³/mol. The van der Waals surface area contributed by atoms with E-state index in [-0.39, 0.29) is 6.42 Å². The van der Waals surface area contributed by atoms with Gasteiger partial charge in [-0.25, -0.2) is 13.2 Å². The smallest absolute Gasteiger partial charge is 0.280 e. The molecular formula is C40H64F3NO2S. The lowest BCUT2D eigenvalue weighted by atomic mass is 9.99. The zero-order chi connectivity index (χ0) is 35.3. The van der Waals surface area contributed by atoms with Crippen LogP contribution in [0.2, 0.25) is 0 Å². The molecule has 3 rings (SSSR count). The minimum Gasteiger partial charge on any atom is -0.508 e. The quantitative estimate of drug-likeness (QED) is 0.129. The summed E-state index contributed by atoms with van der Waals surface area (Å²) < 4.78 is 37.7. The standard InChI is InChI=1S/C18H18O.C15H33NOS.C7H13F3/c1-13-4-2-5-14(10-13)15-6-3-7-16-12-18(19)9-8-17(16)11-15;1-4-5-6-7-8-11-16(12-9-14-17)13-10-15-18(2)3;1-4-5-7(9,10)6(2,3)8/h2,4-5,8-12,19H,3,6-7H2,1H3;17H,2,4-15H2,1,3H3;4-5H2,1-3H3. The summed E-state index contributed by atoms with van der Waals surface area (Å²) >= 11 is 0. The number of unbranched alkanes of at least 4 members (excludes halogenated alkanes) is 4. The zero-order valence-electron chi connectivity index (χ0n) is 30.2. The number of hydrogen-bond donors (Lipinski definition) is 2. The molecule has 268 valence electrons. The summed E-state index contributed by atoms with van der Waals surface area (Å²) in [4.78, 5) is 2.52. The van der Waals surface area contributed by atoms with Gasteiger partial charge in [-0.3, -0.25) is 0 Å². The van der Waals surface area contributed by atoms with E-state index in [2.05, 4.69) is 61.2 Å². The molecule has 1 aliphatic carbocycles. The molecule has 0 saturated carbocycles. The fourth-order valence-corrected chi connectivity index (χ4v) is 6.09. The van der Waals surface area contributed by atoms with Gasteiger partial charge in [0.2, 0.25) is 0 Å². The molecule has 0 saturated heterocycles. The number of benzene rings is 2. The number of aryl methyl sites for hydroxylation is 2. The van der Waals surface area contributed by atoms with Gasteiger partial charge in [0.25, 0.3) is 5.92 Å². The Hall–Kier alpha value is -2.09. The second-order valence-electron chi connectivity index (χ2n) is 13.4. The van der Waals surface area contributed by atoms with Gasteiger partial charge < -0.3 is 15.1 Å². The Labute approximate surface area is 287 Å². The third-order valence-electron chi connectivity index (χ3n) is 8.35. The highest BCUT2D eigenvalue weighted by atomic mass is 32.2. The molecule has 0 fully saturated rings. The van der Waals surface area contributed by atoms with Crippen molar-refractivity contribution in [3.63, 3.8) is 0 Å². The Balaban J connectivity index is 0.000000371. The van der Waals surface area contributed by atoms with Gasteiger partial charge in [-0.2, -0.15) is 10.5 Å². The van der Waals surface area contributed by atoms with Crippen LogP contribution >= 0.6 is 10.5 Å². The van der Waals surface area contributed by atoms with E-state index in [1.54, 1.807) is 13.0 Å². The lowest BCUT2D eigenvalue weighted by molar-refractivity contribution is -0.125. The Morgan fingerprint density at radius 3 is 2.15 bits per heavy atom.